The number of ether oxygens (including phenoxy) is 3. The van der Waals surface area contributed by atoms with E-state index in [9.17, 15) is 24.0 Å². The van der Waals surface area contributed by atoms with Gasteiger partial charge in [0, 0.05) is 93.6 Å². The maximum atomic E-state index is 12.0. The Kier molecular flexibility index (Phi) is 45.4. The normalized spacial score (nSPS) is 9.76. The molecule has 11 N–H and O–H groups in total. The Labute approximate surface area is 783 Å². The van der Waals surface area contributed by atoms with E-state index >= 15 is 0 Å². The fraction of sp³-hybridized carbons (Fsp3) is 0.127. The van der Waals surface area contributed by atoms with Crippen LogP contribution in [0.5, 0.6) is 0 Å². The summed E-state index contributed by atoms with van der Waals surface area (Å²) in [7, 11) is 9.73. The second-order valence-corrected chi connectivity index (χ2v) is 27.4. The molecule has 0 saturated carbocycles. The summed E-state index contributed by atoms with van der Waals surface area (Å²) in [4.78, 5) is 97.3. The number of nitrogens with zero attached hydrogens (tertiary/aromatic N) is 20. The van der Waals surface area contributed by atoms with Gasteiger partial charge in [0.15, 0.2) is 10.9 Å². The molecule has 14 rings (SSSR count). The minimum atomic E-state index is -1.51. The van der Waals surface area contributed by atoms with Crippen LogP contribution in [0.15, 0.2) is 202 Å². The molecule has 0 amide bonds. The largest absolute Gasteiger partial charge is 1.00 e. The molecule has 0 fully saturated rings. The monoisotopic (exact) mass is 1900 g/mol. The zero-order chi connectivity index (χ0) is 90.5. The third-order valence-electron chi connectivity index (χ3n) is 15.5. The molecule has 0 aliphatic carbocycles. The molecule has 0 aliphatic rings. The molecule has 0 atom stereocenters. The van der Waals surface area contributed by atoms with E-state index in [1.54, 1.807) is 153 Å². The number of carboxylic acids is 1. The number of Topliss-reactive ketones (excluding diaryl/α,β-unsaturated/α-hetero) is 1. The summed E-state index contributed by atoms with van der Waals surface area (Å²) in [6, 6.07) is 36.4. The molecule has 0 aliphatic heterocycles. The average Bonchev–Trinajstić information content (AvgIpc) is 1.71. The number of hydrogen-bond donors (Lipinski definition) is 8. The standard InChI is InChI=1S/C18H15ClN6O.C16H14ClN5O2.C15H12ClN5O2.C12H8Cl2N2O2.C8H9BO4.C4HCl3N2.C4H7N3.C2H4N2.ClH.Li.H2O/c1-25-11-14(9-22-25)23-18-21-10-15(19)17(24-18)13-6-4-12(5-7-13)16(26)3-2-8-20;1-22-9-12(7-19-22)20-16-18-8-13(17)14(21-16)10-3-5-11(6-4-10)15(23)24-2;1-21-8-11(6-18-21)19-15-17-7-12(16)13(20-15)9-2-4-10(5-3-9)14(22)23;1-18-11(17)8-4-2-7(3-5-8)10-9(13)6-15-12(14)16-10;1-13-8(10)6-2-4-7(5-3-6)9(11)12;5-2-1-8-4(7)9-3(2)6;1-7-3-4(5)2-6-7;3-1-2-4;;;/h4-7,9-11H,2-3H2,1H3,(H,21,23,24);3-9H,1-2H3,(H,18,20,21);2-8H,1H3,(H,22,23)(H,17,19,20);2-6H,1H3;2-5,11-12H,1H3;1H;2-3H,5H2,1H3;1,3H2;1H;;1H2/q;;;;;;;;;+1;/p-1. The Morgan fingerprint density at radius 2 is 0.732 bits per heavy atom. The van der Waals surface area contributed by atoms with Crippen molar-refractivity contribution >= 4 is 188 Å². The van der Waals surface area contributed by atoms with Gasteiger partial charge in [0.25, 0.3) is 0 Å². The van der Waals surface area contributed by atoms with Gasteiger partial charge in [0.2, 0.25) is 28.4 Å². The fourth-order valence-corrected chi connectivity index (χ4v) is 11.0. The average molecular weight is 1900 g/mol. The second-order valence-electron chi connectivity index (χ2n) is 24.3. The molecule has 0 saturated heterocycles. The third-order valence-corrected chi connectivity index (χ3v) is 17.6. The molecule has 48 heteroatoms. The van der Waals surface area contributed by atoms with Crippen molar-refractivity contribution in [2.45, 2.75) is 12.8 Å². The van der Waals surface area contributed by atoms with Crippen LogP contribution < -0.4 is 51.7 Å². The third kappa shape index (κ3) is 34.6. The summed E-state index contributed by atoms with van der Waals surface area (Å²) < 4.78 is 20.4. The van der Waals surface area contributed by atoms with E-state index in [0.29, 0.717) is 105 Å². The molecule has 9 aromatic heterocycles. The molecule has 14 aromatic rings. The minimum absolute atomic E-state index is 0. The number of nitrogens with one attached hydrogen (secondary N) is 3. The Hall–Kier alpha value is -12.8. The number of rotatable bonds is 18. The first-order chi connectivity index (χ1) is 59.3. The summed E-state index contributed by atoms with van der Waals surface area (Å²) in [5.74, 6) is -1.11. The first-order valence-electron chi connectivity index (χ1n) is 35.3. The fourth-order valence-electron chi connectivity index (χ4n) is 9.62. The smallest absolute Gasteiger partial charge is 0.870 e. The van der Waals surface area contributed by atoms with E-state index in [2.05, 4.69) is 106 Å². The number of aromatic carboxylic acids is 1. The van der Waals surface area contributed by atoms with Gasteiger partial charge in [-0.15, -0.1) is 12.4 Å². The van der Waals surface area contributed by atoms with Crippen LogP contribution in [0.2, 0.25) is 40.8 Å². The van der Waals surface area contributed by atoms with Gasteiger partial charge in [0.05, 0.1) is 189 Å². The van der Waals surface area contributed by atoms with E-state index in [4.69, 9.17) is 124 Å². The first kappa shape index (κ1) is 107. The number of carbonyl (C=O) groups is 5. The number of aryl methyl sites for hydroxylation is 4. The van der Waals surface area contributed by atoms with Crippen LogP contribution in [-0.4, -0.2) is 174 Å². The Bertz CT molecular complexity index is 6010. The summed E-state index contributed by atoms with van der Waals surface area (Å²) >= 11 is 46.6. The zero-order valence-electron chi connectivity index (χ0n) is 67.8. The van der Waals surface area contributed by atoms with Crippen molar-refractivity contribution in [3.05, 3.63) is 271 Å². The number of aromatic nitrogens is 18. The van der Waals surface area contributed by atoms with Crippen molar-refractivity contribution in [1.82, 2.24) is 89.0 Å². The molecule has 0 spiro atoms. The van der Waals surface area contributed by atoms with Crippen LogP contribution in [0, 0.1) is 22.7 Å². The van der Waals surface area contributed by atoms with Gasteiger partial charge in [-0.3, -0.25) is 23.5 Å². The van der Waals surface area contributed by atoms with Crippen LogP contribution in [-0.2, 0) is 42.4 Å². The number of halogens is 9. The summed E-state index contributed by atoms with van der Waals surface area (Å²) in [5.41, 5.74) is 20.5. The number of nitrogens with two attached hydrogens (primary N) is 2. The number of benzene rings is 5. The van der Waals surface area contributed by atoms with Gasteiger partial charge in [-0.1, -0.05) is 142 Å². The molecule has 652 valence electrons. The number of anilines is 7. The molecule has 0 radical (unpaired) electrons. The topological polar surface area (TPSA) is 540 Å². The number of nitriles is 2. The first-order valence-corrected chi connectivity index (χ1v) is 38.3. The number of ketones is 1. The van der Waals surface area contributed by atoms with Crippen molar-refractivity contribution in [1.29, 1.82) is 10.5 Å². The number of methoxy groups -OCH3 is 3. The number of nitrogen functional groups attached to an aromatic ring is 1. The van der Waals surface area contributed by atoms with E-state index in [0.717, 1.165) is 33.8 Å². The van der Waals surface area contributed by atoms with Gasteiger partial charge >= 0.3 is 49.9 Å². The second kappa shape index (κ2) is 54.2. The van der Waals surface area contributed by atoms with Gasteiger partial charge in [0.1, 0.15) is 0 Å². The van der Waals surface area contributed by atoms with Gasteiger partial charge in [-0.25, -0.2) is 69.0 Å². The van der Waals surface area contributed by atoms with Gasteiger partial charge in [-0.2, -0.15) is 30.9 Å². The van der Waals surface area contributed by atoms with Crippen molar-refractivity contribution in [3.63, 3.8) is 0 Å². The van der Waals surface area contributed by atoms with E-state index in [1.807, 2.05) is 40.5 Å². The van der Waals surface area contributed by atoms with Crippen molar-refractivity contribution < 1.29 is 77.7 Å². The molecule has 37 nitrogen and oxygen atoms in total. The zero-order valence-corrected chi connectivity index (χ0v) is 74.7. The van der Waals surface area contributed by atoms with Crippen LogP contribution >= 0.6 is 105 Å². The molecule has 0 unspecified atom stereocenters. The molecule has 127 heavy (non-hydrogen) atoms. The van der Waals surface area contributed by atoms with Crippen LogP contribution in [0.25, 0.3) is 45.0 Å². The van der Waals surface area contributed by atoms with Crippen LogP contribution in [0.3, 0.4) is 0 Å². The van der Waals surface area contributed by atoms with E-state index < -0.39 is 31.0 Å². The minimum Gasteiger partial charge on any atom is -0.870 e. The van der Waals surface area contributed by atoms with Gasteiger partial charge < -0.3 is 62.3 Å². The number of esters is 3. The molecular formula is C79H72BCl9LiN25O12. The van der Waals surface area contributed by atoms with E-state index in [1.165, 1.54) is 88.7 Å². The quantitative estimate of drug-likeness (QED) is 0.00752. The Balaban J connectivity index is 0.000000317. The predicted octanol–water partition coefficient (Wildman–Crippen LogP) is 11.3. The van der Waals surface area contributed by atoms with Crippen LogP contribution in [0.1, 0.15) is 64.6 Å². The van der Waals surface area contributed by atoms with Crippen molar-refractivity contribution in [3.8, 4) is 57.2 Å². The molecule has 9 heterocycles. The van der Waals surface area contributed by atoms with Gasteiger partial charge in [-0.05, 0) is 77.2 Å². The van der Waals surface area contributed by atoms with E-state index in [-0.39, 0.29) is 83.2 Å². The van der Waals surface area contributed by atoms with Crippen molar-refractivity contribution in [2.75, 3.05) is 49.6 Å². The summed E-state index contributed by atoms with van der Waals surface area (Å²) in [6.45, 7) is 0.125. The number of hydrogen-bond acceptors (Lipinski definition) is 32. The van der Waals surface area contributed by atoms with Crippen molar-refractivity contribution in [2.24, 2.45) is 33.9 Å². The maximum absolute atomic E-state index is 12.0. The van der Waals surface area contributed by atoms with Crippen LogP contribution in [0.4, 0.5) is 40.6 Å². The Morgan fingerprint density at radius 1 is 0.433 bits per heavy atom. The molecule has 0 bridgehead atoms. The number of carboxylic acid groups (broad SMARTS) is 1. The SMILES string of the molecule is COC(=O)c1ccc(-c2nc(Cl)ncc2Cl)cc1.COC(=O)c1ccc(-c2nc(Nc3cnn(C)c3)ncc2Cl)cc1.COC(=O)c1ccc(B(O)O)cc1.Cl.Clc1ncc(Cl)c(Cl)n1.Cn1cc(N)cn1.Cn1cc(Nc2ncc(Cl)c(-c3ccc(C(=O)CCC#N)cc3)n2)cn1.Cn1cc(Nc2ncc(Cl)c(-c3ccc(C(=O)O)cc3)n2)cn1.N#CCN.[Li+].[OH-]. The predicted molar refractivity (Wildman–Crippen MR) is 479 cm³/mol. The maximum Gasteiger partial charge on any atom is 1.00 e. The Morgan fingerprint density at radius 3 is 1.00 bits per heavy atom. The summed E-state index contributed by atoms with van der Waals surface area (Å²) in [6.07, 6.45) is 21.5. The number of carbonyl (C=O) groups excluding carboxylic acids is 4. The summed E-state index contributed by atoms with van der Waals surface area (Å²) in [5, 5.41) is 70.0. The molecular weight excluding hydrogens is 1830 g/mol. The molecule has 5 aromatic carbocycles.